The molecule has 0 spiro atoms. The Morgan fingerprint density at radius 2 is 2.29 bits per heavy atom. The zero-order valence-corrected chi connectivity index (χ0v) is 9.16. The average molecular weight is 201 g/mol. The van der Waals surface area contributed by atoms with Crippen LogP contribution in [0, 0.1) is 0 Å². The molecule has 82 valence electrons. The number of hydrogen-bond donors (Lipinski definition) is 0. The van der Waals surface area contributed by atoms with E-state index in [1.807, 2.05) is 0 Å². The van der Waals surface area contributed by atoms with Crippen molar-refractivity contribution in [2.24, 2.45) is 0 Å². The molecule has 1 aliphatic rings. The summed E-state index contributed by atoms with van der Waals surface area (Å²) in [6.07, 6.45) is 1.91. The van der Waals surface area contributed by atoms with Gasteiger partial charge in [0.15, 0.2) is 0 Å². The molecule has 1 saturated heterocycles. The molecule has 4 heteroatoms. The normalized spacial score (nSPS) is 24.1. The zero-order chi connectivity index (χ0) is 10.6. The monoisotopic (exact) mass is 201 g/mol. The topological polar surface area (TPSA) is 38.8 Å². The molecule has 1 aliphatic heterocycles. The van der Waals surface area contributed by atoms with Crippen molar-refractivity contribution in [2.75, 3.05) is 27.4 Å². The molecule has 0 saturated carbocycles. The molecule has 0 bridgehead atoms. The molecule has 0 radical (unpaired) electrons. The first-order valence-electron chi connectivity index (χ1n) is 5.07. The largest absolute Gasteiger partial charge is 0.468 e. The van der Waals surface area contributed by atoms with E-state index >= 15 is 0 Å². The Hall–Kier alpha value is -0.610. The van der Waals surface area contributed by atoms with Crippen LogP contribution in [0.1, 0.15) is 19.8 Å². The lowest BCUT2D eigenvalue weighted by Gasteiger charge is -2.43. The molecule has 2 unspecified atom stereocenters. The van der Waals surface area contributed by atoms with E-state index < -0.39 is 0 Å². The third-order valence-corrected chi connectivity index (χ3v) is 2.83. The van der Waals surface area contributed by atoms with Gasteiger partial charge in [-0.05, 0) is 12.8 Å². The number of ether oxygens (including phenoxy) is 2. The fourth-order valence-electron chi connectivity index (χ4n) is 1.87. The summed E-state index contributed by atoms with van der Waals surface area (Å²) < 4.78 is 9.86. The minimum Gasteiger partial charge on any atom is -0.468 e. The van der Waals surface area contributed by atoms with E-state index in [-0.39, 0.29) is 12.0 Å². The number of methoxy groups -OCH3 is 2. The van der Waals surface area contributed by atoms with Gasteiger partial charge in [-0.3, -0.25) is 9.69 Å². The second-order valence-corrected chi connectivity index (χ2v) is 3.58. The molecule has 0 aromatic carbocycles. The maximum absolute atomic E-state index is 11.3. The van der Waals surface area contributed by atoms with Crippen molar-refractivity contribution >= 4 is 5.97 Å². The lowest BCUT2D eigenvalue weighted by Crippen LogP contribution is -2.58. The lowest BCUT2D eigenvalue weighted by molar-refractivity contribution is -0.154. The molecule has 1 rings (SSSR count). The van der Waals surface area contributed by atoms with Crippen molar-refractivity contribution in [3.63, 3.8) is 0 Å². The summed E-state index contributed by atoms with van der Waals surface area (Å²) in [5.41, 5.74) is 0. The van der Waals surface area contributed by atoms with Crippen molar-refractivity contribution in [3.8, 4) is 0 Å². The Balaban J connectivity index is 2.47. The maximum Gasteiger partial charge on any atom is 0.323 e. The highest BCUT2D eigenvalue weighted by atomic mass is 16.5. The van der Waals surface area contributed by atoms with E-state index in [0.29, 0.717) is 12.6 Å². The van der Waals surface area contributed by atoms with Crippen LogP contribution in [0.3, 0.4) is 0 Å². The Morgan fingerprint density at radius 3 is 2.64 bits per heavy atom. The highest BCUT2D eigenvalue weighted by molar-refractivity contribution is 5.76. The van der Waals surface area contributed by atoms with Gasteiger partial charge in [0.05, 0.1) is 13.7 Å². The van der Waals surface area contributed by atoms with Crippen LogP contribution in [0.25, 0.3) is 0 Å². The van der Waals surface area contributed by atoms with Crippen molar-refractivity contribution in [1.82, 2.24) is 4.90 Å². The van der Waals surface area contributed by atoms with Gasteiger partial charge in [-0.25, -0.2) is 0 Å². The summed E-state index contributed by atoms with van der Waals surface area (Å²) in [5.74, 6) is -0.120. The molecule has 2 atom stereocenters. The van der Waals surface area contributed by atoms with E-state index in [1.165, 1.54) is 7.11 Å². The van der Waals surface area contributed by atoms with Crippen LogP contribution < -0.4 is 0 Å². The number of likely N-dealkylation sites (tertiary alicyclic amines) is 1. The lowest BCUT2D eigenvalue weighted by atomic mass is 9.99. The van der Waals surface area contributed by atoms with Gasteiger partial charge in [0.25, 0.3) is 0 Å². The molecule has 0 amide bonds. The molecule has 1 heterocycles. The maximum atomic E-state index is 11.3. The van der Waals surface area contributed by atoms with Crippen LogP contribution in [-0.2, 0) is 14.3 Å². The van der Waals surface area contributed by atoms with Crippen LogP contribution >= 0.6 is 0 Å². The third-order valence-electron chi connectivity index (χ3n) is 2.83. The van der Waals surface area contributed by atoms with Gasteiger partial charge >= 0.3 is 5.97 Å². The summed E-state index contributed by atoms with van der Waals surface area (Å²) >= 11 is 0. The number of nitrogens with zero attached hydrogens (tertiary/aromatic N) is 1. The Bertz CT molecular complexity index is 196. The number of carbonyl (C=O) groups excluding carboxylic acids is 1. The number of hydrogen-bond acceptors (Lipinski definition) is 4. The first-order valence-corrected chi connectivity index (χ1v) is 5.07. The van der Waals surface area contributed by atoms with Gasteiger partial charge in [-0.15, -0.1) is 0 Å². The van der Waals surface area contributed by atoms with Gasteiger partial charge in [0.1, 0.15) is 6.04 Å². The first kappa shape index (κ1) is 11.5. The van der Waals surface area contributed by atoms with Gasteiger partial charge in [0.2, 0.25) is 0 Å². The van der Waals surface area contributed by atoms with Gasteiger partial charge in [-0.1, -0.05) is 6.92 Å². The van der Waals surface area contributed by atoms with Crippen LogP contribution in [0.15, 0.2) is 0 Å². The van der Waals surface area contributed by atoms with Crippen molar-refractivity contribution in [1.29, 1.82) is 0 Å². The highest BCUT2D eigenvalue weighted by Crippen LogP contribution is 2.23. The predicted octanol–water partition coefficient (Wildman–Crippen LogP) is 0.659. The molecule has 0 N–H and O–H groups in total. The SMILES string of the molecule is CCC(COC)N1CCC1C(=O)OC. The van der Waals surface area contributed by atoms with Crippen LogP contribution in [-0.4, -0.2) is 50.3 Å². The van der Waals surface area contributed by atoms with E-state index in [2.05, 4.69) is 11.8 Å². The van der Waals surface area contributed by atoms with Crippen LogP contribution in [0.5, 0.6) is 0 Å². The first-order chi connectivity index (χ1) is 6.74. The second kappa shape index (κ2) is 5.32. The van der Waals surface area contributed by atoms with Gasteiger partial charge in [-0.2, -0.15) is 0 Å². The number of esters is 1. The van der Waals surface area contributed by atoms with E-state index in [0.717, 1.165) is 19.4 Å². The van der Waals surface area contributed by atoms with Gasteiger partial charge in [0, 0.05) is 19.7 Å². The number of rotatable bonds is 5. The Morgan fingerprint density at radius 1 is 1.57 bits per heavy atom. The van der Waals surface area contributed by atoms with E-state index in [9.17, 15) is 4.79 Å². The summed E-state index contributed by atoms with van der Waals surface area (Å²) in [5, 5.41) is 0. The smallest absolute Gasteiger partial charge is 0.323 e. The Kier molecular flexibility index (Phi) is 4.35. The summed E-state index contributed by atoms with van der Waals surface area (Å²) in [7, 11) is 3.13. The molecular formula is C10H19NO3. The fourth-order valence-corrected chi connectivity index (χ4v) is 1.87. The van der Waals surface area contributed by atoms with Gasteiger partial charge < -0.3 is 9.47 Å². The molecule has 14 heavy (non-hydrogen) atoms. The minimum absolute atomic E-state index is 0.0416. The molecule has 0 aromatic heterocycles. The quantitative estimate of drug-likeness (QED) is 0.612. The summed E-state index contributed by atoms with van der Waals surface area (Å²) in [6, 6.07) is 0.304. The third kappa shape index (κ3) is 2.25. The average Bonchev–Trinajstić information content (AvgIpc) is 2.15. The molecule has 0 aromatic rings. The van der Waals surface area contributed by atoms with E-state index in [4.69, 9.17) is 9.47 Å². The molecule has 1 fully saturated rings. The molecular weight excluding hydrogens is 182 g/mol. The fraction of sp³-hybridized carbons (Fsp3) is 0.900. The summed E-state index contributed by atoms with van der Waals surface area (Å²) in [4.78, 5) is 13.5. The summed E-state index contributed by atoms with van der Waals surface area (Å²) in [6.45, 7) is 3.77. The molecule has 4 nitrogen and oxygen atoms in total. The van der Waals surface area contributed by atoms with E-state index in [1.54, 1.807) is 7.11 Å². The van der Waals surface area contributed by atoms with Crippen molar-refractivity contribution in [2.45, 2.75) is 31.8 Å². The zero-order valence-electron chi connectivity index (χ0n) is 9.16. The van der Waals surface area contributed by atoms with Crippen molar-refractivity contribution in [3.05, 3.63) is 0 Å². The number of carbonyl (C=O) groups is 1. The molecule has 0 aliphatic carbocycles. The minimum atomic E-state index is -0.120. The van der Waals surface area contributed by atoms with Crippen molar-refractivity contribution < 1.29 is 14.3 Å². The van der Waals surface area contributed by atoms with Crippen LogP contribution in [0.2, 0.25) is 0 Å². The standard InChI is InChI=1S/C10H19NO3/c1-4-8(7-13-2)11-6-5-9(11)10(12)14-3/h8-9H,4-7H2,1-3H3. The highest BCUT2D eigenvalue weighted by Gasteiger charge is 2.38. The van der Waals surface area contributed by atoms with Crippen LogP contribution in [0.4, 0.5) is 0 Å². The second-order valence-electron chi connectivity index (χ2n) is 3.58. The Labute approximate surface area is 85.2 Å². The predicted molar refractivity (Wildman–Crippen MR) is 53.1 cm³/mol.